The number of rotatable bonds is 6. The molecule has 0 aliphatic heterocycles. The number of nitrogens with zero attached hydrogens (tertiary/aromatic N) is 1. The lowest BCUT2D eigenvalue weighted by atomic mass is 9.96. The van der Waals surface area contributed by atoms with Crippen LogP contribution in [0.15, 0.2) is 54.6 Å². The Hall–Kier alpha value is -3.86. The summed E-state index contributed by atoms with van der Waals surface area (Å²) in [4.78, 5) is 23.0. The van der Waals surface area contributed by atoms with Gasteiger partial charge in [-0.25, -0.2) is 14.0 Å². The molecule has 0 unspecified atom stereocenters. The van der Waals surface area contributed by atoms with Gasteiger partial charge in [0.05, 0.1) is 11.6 Å². The predicted molar refractivity (Wildman–Crippen MR) is 98.0 cm³/mol. The number of hydrogen-bond donors (Lipinski definition) is 3. The van der Waals surface area contributed by atoms with Crippen molar-refractivity contribution in [2.75, 3.05) is 5.32 Å². The van der Waals surface area contributed by atoms with Crippen LogP contribution in [0.1, 0.15) is 24.2 Å². The molecule has 0 fully saturated rings. The molecule has 2 rings (SSSR count). The summed E-state index contributed by atoms with van der Waals surface area (Å²) in [5, 5.41) is 29.4. The zero-order chi connectivity index (χ0) is 20.7. The van der Waals surface area contributed by atoms with E-state index in [0.717, 1.165) is 18.2 Å². The molecule has 7 nitrogen and oxygen atoms in total. The zero-order valence-corrected chi connectivity index (χ0v) is 14.8. The van der Waals surface area contributed by atoms with Gasteiger partial charge in [-0.05, 0) is 42.0 Å². The lowest BCUT2D eigenvalue weighted by Crippen LogP contribution is -2.21. The first-order valence-corrected chi connectivity index (χ1v) is 8.17. The second-order valence-electron chi connectivity index (χ2n) is 5.91. The van der Waals surface area contributed by atoms with E-state index in [1.54, 1.807) is 6.92 Å². The van der Waals surface area contributed by atoms with Crippen LogP contribution in [0.2, 0.25) is 0 Å². The number of benzene rings is 2. The Morgan fingerprint density at radius 3 is 2.50 bits per heavy atom. The molecular weight excluding hydrogens is 367 g/mol. The van der Waals surface area contributed by atoms with Gasteiger partial charge in [-0.1, -0.05) is 19.1 Å². The summed E-state index contributed by atoms with van der Waals surface area (Å²) >= 11 is 0. The molecular formula is C20H17FN2O5. The van der Waals surface area contributed by atoms with Gasteiger partial charge >= 0.3 is 12.1 Å². The van der Waals surface area contributed by atoms with Crippen molar-refractivity contribution in [3.63, 3.8) is 0 Å². The summed E-state index contributed by atoms with van der Waals surface area (Å²) in [5.41, 5.74) is 1.05. The minimum atomic E-state index is -1.18. The van der Waals surface area contributed by atoms with E-state index in [0.29, 0.717) is 11.3 Å². The number of halogens is 1. The Kier molecular flexibility index (Phi) is 6.71. The number of amides is 1. The third kappa shape index (κ3) is 5.57. The van der Waals surface area contributed by atoms with Crippen molar-refractivity contribution in [3.8, 4) is 11.8 Å². The second kappa shape index (κ2) is 9.19. The second-order valence-corrected chi connectivity index (χ2v) is 5.91. The number of phenolic OH excluding ortho intramolecular Hbond substituents is 1. The molecule has 0 aliphatic rings. The van der Waals surface area contributed by atoms with Crippen LogP contribution in [0, 0.1) is 23.1 Å². The highest BCUT2D eigenvalue weighted by molar-refractivity contribution is 5.85. The fraction of sp³-hybridized carbons (Fsp3) is 0.150. The molecule has 0 saturated heterocycles. The van der Waals surface area contributed by atoms with Crippen LogP contribution in [-0.2, 0) is 9.53 Å². The number of carboxylic acid groups (broad SMARTS) is 1. The van der Waals surface area contributed by atoms with Crippen molar-refractivity contribution in [3.05, 3.63) is 71.6 Å². The van der Waals surface area contributed by atoms with Crippen molar-refractivity contribution in [1.29, 1.82) is 5.26 Å². The molecule has 0 aromatic heterocycles. The first-order chi connectivity index (χ1) is 13.3. The first-order valence-electron chi connectivity index (χ1n) is 8.17. The van der Waals surface area contributed by atoms with Crippen LogP contribution >= 0.6 is 0 Å². The first kappa shape index (κ1) is 20.5. The third-order valence-corrected chi connectivity index (χ3v) is 3.81. The highest BCUT2D eigenvalue weighted by Crippen LogP contribution is 2.30. The molecule has 2 atom stereocenters. The van der Waals surface area contributed by atoms with Gasteiger partial charge in [0.2, 0.25) is 0 Å². The van der Waals surface area contributed by atoms with Crippen LogP contribution < -0.4 is 5.32 Å². The van der Waals surface area contributed by atoms with Gasteiger partial charge in [-0.2, -0.15) is 5.26 Å². The zero-order valence-electron chi connectivity index (χ0n) is 14.8. The van der Waals surface area contributed by atoms with Crippen molar-refractivity contribution in [2.24, 2.45) is 5.92 Å². The summed E-state index contributed by atoms with van der Waals surface area (Å²) in [6, 6.07) is 11.5. The Labute approximate surface area is 160 Å². The Morgan fingerprint density at radius 1 is 1.25 bits per heavy atom. The van der Waals surface area contributed by atoms with Crippen LogP contribution in [0.25, 0.3) is 0 Å². The molecule has 28 heavy (non-hydrogen) atoms. The minimum absolute atomic E-state index is 0.243. The topological polar surface area (TPSA) is 120 Å². The van der Waals surface area contributed by atoms with Crippen LogP contribution in [0.4, 0.5) is 14.9 Å². The van der Waals surface area contributed by atoms with E-state index in [1.807, 2.05) is 6.07 Å². The fourth-order valence-electron chi connectivity index (χ4n) is 2.40. The number of aliphatic carboxylic acids is 1. The highest BCUT2D eigenvalue weighted by atomic mass is 19.1. The van der Waals surface area contributed by atoms with Gasteiger partial charge in [0.1, 0.15) is 6.10 Å². The number of carboxylic acids is 1. The lowest BCUT2D eigenvalue weighted by molar-refractivity contribution is -0.131. The van der Waals surface area contributed by atoms with Crippen LogP contribution in [0.3, 0.4) is 0 Å². The molecule has 2 aromatic carbocycles. The maximum Gasteiger partial charge on any atom is 0.412 e. The van der Waals surface area contributed by atoms with E-state index in [4.69, 9.17) is 15.1 Å². The summed E-state index contributed by atoms with van der Waals surface area (Å²) in [6.45, 7) is 1.60. The molecule has 0 radical (unpaired) electrons. The number of carbonyl (C=O) groups is 2. The SMILES string of the molecule is C[C@@H](/C=C/C(=O)O)[C@H](OC(=O)Nc1ccc(C#N)cc1)c1ccc(O)c(F)c1. The Morgan fingerprint density at radius 2 is 1.93 bits per heavy atom. The fourth-order valence-corrected chi connectivity index (χ4v) is 2.40. The number of carbonyl (C=O) groups excluding carboxylic acids is 1. The summed E-state index contributed by atoms with van der Waals surface area (Å²) in [5.74, 6) is -3.23. The molecule has 8 heteroatoms. The summed E-state index contributed by atoms with van der Waals surface area (Å²) in [6.07, 6.45) is 0.353. The number of hydrogen-bond acceptors (Lipinski definition) is 5. The maximum absolute atomic E-state index is 13.7. The van der Waals surface area contributed by atoms with E-state index >= 15 is 0 Å². The molecule has 2 aromatic rings. The van der Waals surface area contributed by atoms with Gasteiger partial charge in [-0.15, -0.1) is 0 Å². The number of anilines is 1. The van der Waals surface area contributed by atoms with Crippen molar-refractivity contribution in [2.45, 2.75) is 13.0 Å². The molecule has 1 amide bonds. The average molecular weight is 384 g/mol. The van der Waals surface area contributed by atoms with Gasteiger partial charge in [0, 0.05) is 17.7 Å². The monoisotopic (exact) mass is 384 g/mol. The van der Waals surface area contributed by atoms with Crippen molar-refractivity contribution < 1.29 is 28.9 Å². The lowest BCUT2D eigenvalue weighted by Gasteiger charge is -2.23. The number of phenols is 1. The van der Waals surface area contributed by atoms with Gasteiger partial charge < -0.3 is 14.9 Å². The maximum atomic E-state index is 13.7. The van der Waals surface area contributed by atoms with Gasteiger partial charge in [0.15, 0.2) is 11.6 Å². The highest BCUT2D eigenvalue weighted by Gasteiger charge is 2.23. The van der Waals surface area contributed by atoms with E-state index in [-0.39, 0.29) is 5.56 Å². The number of ether oxygens (including phenoxy) is 1. The minimum Gasteiger partial charge on any atom is -0.505 e. The van der Waals surface area contributed by atoms with E-state index in [2.05, 4.69) is 5.32 Å². The predicted octanol–water partition coefficient (Wildman–Crippen LogP) is 3.97. The summed E-state index contributed by atoms with van der Waals surface area (Å²) < 4.78 is 19.1. The summed E-state index contributed by atoms with van der Waals surface area (Å²) in [7, 11) is 0. The third-order valence-electron chi connectivity index (χ3n) is 3.81. The van der Waals surface area contributed by atoms with Crippen molar-refractivity contribution in [1.82, 2.24) is 0 Å². The van der Waals surface area contributed by atoms with Crippen molar-refractivity contribution >= 4 is 17.7 Å². The number of nitriles is 1. The Bertz CT molecular complexity index is 935. The number of nitrogens with one attached hydrogen (secondary N) is 1. The normalized spacial score (nSPS) is 12.8. The van der Waals surface area contributed by atoms with E-state index in [9.17, 15) is 19.1 Å². The van der Waals surface area contributed by atoms with Crippen LogP contribution in [0.5, 0.6) is 5.75 Å². The van der Waals surface area contributed by atoms with Crippen LogP contribution in [-0.4, -0.2) is 22.3 Å². The Balaban J connectivity index is 2.22. The smallest absolute Gasteiger partial charge is 0.412 e. The molecule has 0 heterocycles. The van der Waals surface area contributed by atoms with E-state index in [1.165, 1.54) is 36.4 Å². The largest absolute Gasteiger partial charge is 0.505 e. The van der Waals surface area contributed by atoms with Gasteiger partial charge in [-0.3, -0.25) is 5.32 Å². The number of aromatic hydroxyl groups is 1. The molecule has 0 spiro atoms. The van der Waals surface area contributed by atoms with E-state index < -0.39 is 35.7 Å². The van der Waals surface area contributed by atoms with Gasteiger partial charge in [0.25, 0.3) is 0 Å². The quantitative estimate of drug-likeness (QED) is 0.648. The molecule has 0 saturated carbocycles. The standard InChI is InChI=1S/C20H17FN2O5/c1-12(2-9-18(25)26)19(14-5-8-17(24)16(21)10-14)28-20(27)23-15-6-3-13(11-22)4-7-15/h2-10,12,19,24H,1H3,(H,23,27)(H,25,26)/b9-2+/t12-,19-/m0/s1. The molecule has 3 N–H and O–H groups in total. The average Bonchev–Trinajstić information content (AvgIpc) is 2.67. The molecule has 144 valence electrons. The molecule has 0 bridgehead atoms. The molecule has 0 aliphatic carbocycles.